The van der Waals surface area contributed by atoms with Crippen LogP contribution in [0.25, 0.3) is 0 Å². The number of amides is 4. The number of hydrogen-bond donors (Lipinski definition) is 1. The molecule has 1 saturated carbocycles. The summed E-state index contributed by atoms with van der Waals surface area (Å²) in [7, 11) is 0. The number of carbonyl (C=O) groups excluding carboxylic acids is 4. The topological polar surface area (TPSA) is 95.0 Å². The Bertz CT molecular complexity index is 1850. The lowest BCUT2D eigenvalue weighted by Crippen LogP contribution is -2.49. The van der Waals surface area contributed by atoms with Crippen LogP contribution in [0.4, 0.5) is 15.8 Å². The second-order valence-corrected chi connectivity index (χ2v) is 13.6. The van der Waals surface area contributed by atoms with E-state index in [9.17, 15) is 28.7 Å². The molecule has 2 heterocycles. The van der Waals surface area contributed by atoms with Crippen molar-refractivity contribution in [2.75, 3.05) is 9.80 Å². The lowest BCUT2D eigenvalue weighted by molar-refractivity contribution is -0.131. The number of carbonyl (C=O) groups is 4. The first-order valence-corrected chi connectivity index (χ1v) is 15.6. The van der Waals surface area contributed by atoms with E-state index >= 15 is 0 Å². The predicted molar refractivity (Wildman–Crippen MR) is 168 cm³/mol. The number of allylic oxidation sites excluding steroid dienone is 2. The minimum Gasteiger partial charge on any atom is -0.507 e. The molecule has 0 bridgehead atoms. The van der Waals surface area contributed by atoms with Crippen LogP contribution in [-0.4, -0.2) is 28.7 Å². The van der Waals surface area contributed by atoms with Crippen LogP contribution in [0.5, 0.6) is 5.75 Å². The van der Waals surface area contributed by atoms with E-state index in [-0.39, 0.29) is 34.7 Å². The van der Waals surface area contributed by atoms with Crippen molar-refractivity contribution in [3.63, 3.8) is 0 Å². The van der Waals surface area contributed by atoms with E-state index in [1.165, 1.54) is 17.0 Å². The Morgan fingerprint density at radius 1 is 0.844 bits per heavy atom. The molecular formula is C35H29Cl2FN2O5. The zero-order valence-corrected chi connectivity index (χ0v) is 26.2. The quantitative estimate of drug-likeness (QED) is 0.247. The Morgan fingerprint density at radius 2 is 1.49 bits per heavy atom. The van der Waals surface area contributed by atoms with Crippen molar-refractivity contribution in [2.45, 2.75) is 39.5 Å². The molecule has 230 valence electrons. The average Bonchev–Trinajstić information content (AvgIpc) is 3.37. The third-order valence-corrected chi connectivity index (χ3v) is 10.9. The van der Waals surface area contributed by atoms with Crippen LogP contribution < -0.4 is 9.80 Å². The fraction of sp³-hybridized carbons (Fsp3) is 0.314. The van der Waals surface area contributed by atoms with Crippen LogP contribution in [0.15, 0.2) is 66.2 Å². The van der Waals surface area contributed by atoms with Gasteiger partial charge in [0, 0.05) is 10.9 Å². The second kappa shape index (κ2) is 10.3. The summed E-state index contributed by atoms with van der Waals surface area (Å²) in [4.78, 5) is 59.0. The molecule has 3 aromatic carbocycles. The molecule has 2 aliphatic heterocycles. The van der Waals surface area contributed by atoms with E-state index < -0.39 is 52.6 Å². The van der Waals surface area contributed by atoms with Crippen molar-refractivity contribution in [1.82, 2.24) is 0 Å². The monoisotopic (exact) mass is 646 g/mol. The van der Waals surface area contributed by atoms with Crippen LogP contribution >= 0.6 is 23.2 Å². The molecule has 2 aliphatic carbocycles. The van der Waals surface area contributed by atoms with Crippen molar-refractivity contribution in [2.24, 2.45) is 29.1 Å². The fourth-order valence-corrected chi connectivity index (χ4v) is 8.57. The number of fused-ring (bicyclic) bond motifs is 4. The SMILES string of the molecule is Cc1cc(C2C3=CCC4C(=O)N(c5ccc(Cl)cc5)C(=O)C4C3CC3C(=O)N(c4ccc(F)c(Cl)c4)C(=O)C32C)cc(C)c1O. The number of benzene rings is 3. The first kappa shape index (κ1) is 29.7. The Hall–Kier alpha value is -4.01. The van der Waals surface area contributed by atoms with Crippen LogP contribution in [0.1, 0.15) is 42.4 Å². The summed E-state index contributed by atoms with van der Waals surface area (Å²) in [6.45, 7) is 5.32. The highest BCUT2D eigenvalue weighted by Gasteiger charge is 2.67. The predicted octanol–water partition coefficient (Wildman–Crippen LogP) is 6.89. The standard InChI is InChI=1S/C35H29Cl2FN2O5/c1-16-12-18(13-17(2)30(16)41)29-22-9-10-23-28(33(44)39(31(23)42)20-6-4-19(36)5-7-20)24(22)15-25-32(43)40(34(45)35(25,29)3)21-8-11-27(38)26(37)14-21/h4-9,11-14,23-25,28-29,41H,10,15H2,1-3H3. The molecule has 4 aliphatic rings. The smallest absolute Gasteiger partial charge is 0.241 e. The summed E-state index contributed by atoms with van der Waals surface area (Å²) in [6, 6.07) is 13.9. The molecule has 0 radical (unpaired) electrons. The molecule has 4 amide bonds. The molecule has 2 saturated heterocycles. The Morgan fingerprint density at radius 3 is 2.13 bits per heavy atom. The number of phenolic OH excluding ortho intramolecular Hbond substituents is 1. The number of phenols is 1. The minimum atomic E-state index is -1.27. The van der Waals surface area contributed by atoms with Gasteiger partial charge in [-0.3, -0.25) is 24.1 Å². The molecule has 1 N–H and O–H groups in total. The summed E-state index contributed by atoms with van der Waals surface area (Å²) in [5, 5.41) is 10.9. The normalized spacial score (nSPS) is 29.1. The van der Waals surface area contributed by atoms with E-state index in [4.69, 9.17) is 23.2 Å². The van der Waals surface area contributed by atoms with Gasteiger partial charge < -0.3 is 5.11 Å². The second-order valence-electron chi connectivity index (χ2n) is 12.8. The highest BCUT2D eigenvalue weighted by atomic mass is 35.5. The summed E-state index contributed by atoms with van der Waals surface area (Å²) in [6.07, 6.45) is 2.46. The molecule has 3 aromatic rings. The number of anilines is 2. The van der Waals surface area contributed by atoms with Gasteiger partial charge in [0.2, 0.25) is 23.6 Å². The third kappa shape index (κ3) is 4.15. The summed E-state index contributed by atoms with van der Waals surface area (Å²) >= 11 is 12.1. The molecule has 10 heteroatoms. The maximum absolute atomic E-state index is 14.5. The highest BCUT2D eigenvalue weighted by Crippen LogP contribution is 2.64. The van der Waals surface area contributed by atoms with Crippen LogP contribution in [0.3, 0.4) is 0 Å². The number of imide groups is 2. The molecule has 7 nitrogen and oxygen atoms in total. The van der Waals surface area contributed by atoms with Gasteiger partial charge in [-0.15, -0.1) is 0 Å². The van der Waals surface area contributed by atoms with E-state index in [1.54, 1.807) is 45.0 Å². The van der Waals surface area contributed by atoms with Gasteiger partial charge in [-0.2, -0.15) is 0 Å². The molecule has 0 aromatic heterocycles. The molecule has 6 atom stereocenters. The van der Waals surface area contributed by atoms with Gasteiger partial charge in [0.15, 0.2) is 0 Å². The molecular weight excluding hydrogens is 618 g/mol. The maximum atomic E-state index is 14.5. The Kier molecular flexibility index (Phi) is 6.77. The lowest BCUT2D eigenvalue weighted by Gasteiger charge is -2.49. The van der Waals surface area contributed by atoms with E-state index in [0.29, 0.717) is 28.3 Å². The maximum Gasteiger partial charge on any atom is 0.241 e. The lowest BCUT2D eigenvalue weighted by atomic mass is 9.51. The molecule has 45 heavy (non-hydrogen) atoms. The minimum absolute atomic E-state index is 0.136. The molecule has 7 rings (SSSR count). The summed E-state index contributed by atoms with van der Waals surface area (Å²) in [5.41, 5.74) is 2.11. The number of hydrogen-bond acceptors (Lipinski definition) is 5. The molecule has 6 unspecified atom stereocenters. The number of rotatable bonds is 3. The van der Waals surface area contributed by atoms with Crippen molar-refractivity contribution in [1.29, 1.82) is 0 Å². The number of halogens is 3. The van der Waals surface area contributed by atoms with Crippen LogP contribution in [0.2, 0.25) is 10.0 Å². The Balaban J connectivity index is 1.38. The van der Waals surface area contributed by atoms with Crippen molar-refractivity contribution < 1.29 is 28.7 Å². The van der Waals surface area contributed by atoms with E-state index in [0.717, 1.165) is 22.1 Å². The number of aryl methyl sites for hydroxylation is 2. The van der Waals surface area contributed by atoms with Gasteiger partial charge in [-0.05, 0) is 98.7 Å². The summed E-state index contributed by atoms with van der Waals surface area (Å²) in [5.74, 6) is -5.42. The zero-order valence-electron chi connectivity index (χ0n) is 24.7. The summed E-state index contributed by atoms with van der Waals surface area (Å²) < 4.78 is 14.1. The van der Waals surface area contributed by atoms with Crippen LogP contribution in [0, 0.1) is 48.8 Å². The number of nitrogens with zero attached hydrogens (tertiary/aromatic N) is 2. The van der Waals surface area contributed by atoms with Gasteiger partial charge in [0.1, 0.15) is 11.6 Å². The molecule has 0 spiro atoms. The first-order chi connectivity index (χ1) is 21.3. The Labute approximate surface area is 269 Å². The third-order valence-electron chi connectivity index (χ3n) is 10.4. The van der Waals surface area contributed by atoms with Crippen molar-refractivity contribution in [3.8, 4) is 5.75 Å². The highest BCUT2D eigenvalue weighted by molar-refractivity contribution is 6.32. The average molecular weight is 648 g/mol. The first-order valence-electron chi connectivity index (χ1n) is 14.8. The van der Waals surface area contributed by atoms with Crippen LogP contribution in [-0.2, 0) is 19.2 Å². The number of aromatic hydroxyl groups is 1. The van der Waals surface area contributed by atoms with Gasteiger partial charge in [-0.25, -0.2) is 9.29 Å². The van der Waals surface area contributed by atoms with Crippen molar-refractivity contribution in [3.05, 3.63) is 98.8 Å². The van der Waals surface area contributed by atoms with E-state index in [1.807, 2.05) is 18.2 Å². The fourth-order valence-electron chi connectivity index (χ4n) is 8.27. The van der Waals surface area contributed by atoms with Gasteiger partial charge in [-0.1, -0.05) is 47.0 Å². The molecule has 3 fully saturated rings. The zero-order chi connectivity index (χ0) is 32.1. The van der Waals surface area contributed by atoms with Crippen molar-refractivity contribution >= 4 is 58.2 Å². The van der Waals surface area contributed by atoms with Gasteiger partial charge in [0.25, 0.3) is 0 Å². The largest absolute Gasteiger partial charge is 0.507 e. The van der Waals surface area contributed by atoms with Gasteiger partial charge in [0.05, 0.1) is 39.6 Å². The van der Waals surface area contributed by atoms with E-state index in [2.05, 4.69) is 0 Å². The van der Waals surface area contributed by atoms with Gasteiger partial charge >= 0.3 is 0 Å².